The summed E-state index contributed by atoms with van der Waals surface area (Å²) in [6.07, 6.45) is 1.52. The first-order valence-corrected chi connectivity index (χ1v) is 8.49. The molecule has 3 atom stereocenters. The van der Waals surface area contributed by atoms with Crippen molar-refractivity contribution in [2.45, 2.75) is 63.6 Å². The van der Waals surface area contributed by atoms with E-state index in [4.69, 9.17) is 9.47 Å². The highest BCUT2D eigenvalue weighted by molar-refractivity contribution is 5.72. The highest BCUT2D eigenvalue weighted by Gasteiger charge is 2.52. The summed E-state index contributed by atoms with van der Waals surface area (Å²) in [5.74, 6) is 0.0265. The molecule has 5 nitrogen and oxygen atoms in total. The van der Waals surface area contributed by atoms with Crippen LogP contribution in [-0.2, 0) is 14.3 Å². The maximum atomic E-state index is 12.8. The van der Waals surface area contributed by atoms with Gasteiger partial charge in [-0.25, -0.2) is 4.79 Å². The molecule has 1 aromatic rings. The fraction of sp³-hybridized carbons (Fsp3) is 0.579. The minimum absolute atomic E-state index is 0.0150. The van der Waals surface area contributed by atoms with Crippen LogP contribution >= 0.6 is 0 Å². The van der Waals surface area contributed by atoms with Crippen molar-refractivity contribution in [1.82, 2.24) is 4.90 Å². The Labute approximate surface area is 142 Å². The molecule has 0 radical (unpaired) electrons. The molecule has 2 bridgehead atoms. The van der Waals surface area contributed by atoms with Crippen LogP contribution < -0.4 is 0 Å². The van der Waals surface area contributed by atoms with Crippen molar-refractivity contribution in [2.75, 3.05) is 7.11 Å². The number of benzene rings is 1. The highest BCUT2D eigenvalue weighted by Crippen LogP contribution is 2.55. The van der Waals surface area contributed by atoms with Crippen LogP contribution in [-0.4, -0.2) is 35.7 Å². The summed E-state index contributed by atoms with van der Waals surface area (Å²) < 4.78 is 10.4. The van der Waals surface area contributed by atoms with Gasteiger partial charge < -0.3 is 9.47 Å². The van der Waals surface area contributed by atoms with Crippen molar-refractivity contribution in [3.05, 3.63) is 35.4 Å². The number of esters is 1. The van der Waals surface area contributed by atoms with Gasteiger partial charge in [0, 0.05) is 18.4 Å². The number of methoxy groups -OCH3 is 1. The van der Waals surface area contributed by atoms with Crippen molar-refractivity contribution < 1.29 is 19.1 Å². The topological polar surface area (TPSA) is 55.8 Å². The first-order valence-electron chi connectivity index (χ1n) is 8.49. The molecule has 1 aliphatic heterocycles. The normalized spacial score (nSPS) is 24.7. The zero-order chi connectivity index (χ0) is 17.5. The number of carbonyl (C=O) groups excluding carboxylic acids is 2. The second-order valence-electron chi connectivity index (χ2n) is 7.56. The van der Waals surface area contributed by atoms with Crippen molar-refractivity contribution in [1.29, 1.82) is 0 Å². The molecule has 0 saturated carbocycles. The quantitative estimate of drug-likeness (QED) is 0.791. The average Bonchev–Trinajstić information content (AvgIpc) is 3.07. The molecule has 1 fully saturated rings. The van der Waals surface area contributed by atoms with E-state index in [1.165, 1.54) is 18.2 Å². The highest BCUT2D eigenvalue weighted by atomic mass is 16.6. The largest absolute Gasteiger partial charge is 0.469 e. The van der Waals surface area contributed by atoms with Crippen LogP contribution in [0.15, 0.2) is 24.3 Å². The van der Waals surface area contributed by atoms with Crippen LogP contribution in [0.5, 0.6) is 0 Å². The van der Waals surface area contributed by atoms with Crippen LogP contribution in [0.25, 0.3) is 0 Å². The first-order chi connectivity index (χ1) is 11.3. The maximum absolute atomic E-state index is 12.8. The molecule has 0 aromatic heterocycles. The van der Waals surface area contributed by atoms with E-state index in [-0.39, 0.29) is 30.1 Å². The molecule has 0 spiro atoms. The number of ether oxygens (including phenoxy) is 2. The predicted octanol–water partition coefficient (Wildman–Crippen LogP) is 3.79. The summed E-state index contributed by atoms with van der Waals surface area (Å²) in [4.78, 5) is 26.2. The van der Waals surface area contributed by atoms with E-state index in [0.717, 1.165) is 6.42 Å². The van der Waals surface area contributed by atoms with Crippen molar-refractivity contribution in [3.63, 3.8) is 0 Å². The van der Waals surface area contributed by atoms with Crippen LogP contribution in [0.2, 0.25) is 0 Å². The van der Waals surface area contributed by atoms with E-state index in [9.17, 15) is 9.59 Å². The predicted molar refractivity (Wildman–Crippen MR) is 89.7 cm³/mol. The van der Waals surface area contributed by atoms with Crippen LogP contribution in [0.1, 0.15) is 63.1 Å². The SMILES string of the molecule is COC(=O)CCC1C2CC(c3ccccc32)N1C(=O)OC(C)(C)C. The molecule has 5 heteroatoms. The van der Waals surface area contributed by atoms with E-state index in [2.05, 4.69) is 12.1 Å². The lowest BCUT2D eigenvalue weighted by atomic mass is 9.89. The lowest BCUT2D eigenvalue weighted by Gasteiger charge is -2.37. The van der Waals surface area contributed by atoms with Gasteiger partial charge in [0.25, 0.3) is 0 Å². The third-order valence-corrected chi connectivity index (χ3v) is 4.87. The van der Waals surface area contributed by atoms with Gasteiger partial charge in [-0.1, -0.05) is 24.3 Å². The maximum Gasteiger partial charge on any atom is 0.411 e. The van der Waals surface area contributed by atoms with Gasteiger partial charge in [0.2, 0.25) is 0 Å². The molecule has 3 rings (SSSR count). The second-order valence-corrected chi connectivity index (χ2v) is 7.56. The third kappa shape index (κ3) is 2.99. The lowest BCUT2D eigenvalue weighted by Crippen LogP contribution is -2.44. The number of amides is 1. The Morgan fingerprint density at radius 3 is 2.50 bits per heavy atom. The van der Waals surface area contributed by atoms with E-state index in [1.54, 1.807) is 0 Å². The molecule has 1 aromatic carbocycles. The summed E-state index contributed by atoms with van der Waals surface area (Å²) in [6, 6.07) is 8.30. The average molecular weight is 331 g/mol. The zero-order valence-corrected chi connectivity index (χ0v) is 14.7. The number of nitrogens with zero attached hydrogens (tertiary/aromatic N) is 1. The Kier molecular flexibility index (Phi) is 4.28. The number of hydrogen-bond donors (Lipinski definition) is 0. The van der Waals surface area contributed by atoms with Crippen LogP contribution in [0, 0.1) is 0 Å². The number of hydrogen-bond acceptors (Lipinski definition) is 4. The molecule has 3 unspecified atom stereocenters. The van der Waals surface area contributed by atoms with E-state index in [1.807, 2.05) is 37.8 Å². The van der Waals surface area contributed by atoms with Crippen molar-refractivity contribution in [2.24, 2.45) is 0 Å². The molecule has 130 valence electrons. The Morgan fingerprint density at radius 1 is 1.21 bits per heavy atom. The molecule has 1 saturated heterocycles. The molecule has 2 aliphatic rings. The Hall–Kier alpha value is -2.04. The van der Waals surface area contributed by atoms with E-state index in [0.29, 0.717) is 12.8 Å². The van der Waals surface area contributed by atoms with Gasteiger partial charge in [-0.05, 0) is 44.7 Å². The van der Waals surface area contributed by atoms with E-state index >= 15 is 0 Å². The van der Waals surface area contributed by atoms with Gasteiger partial charge in [0.15, 0.2) is 0 Å². The number of likely N-dealkylation sites (tertiary alicyclic amines) is 1. The van der Waals surface area contributed by atoms with Crippen molar-refractivity contribution >= 4 is 12.1 Å². The Bertz CT molecular complexity index is 649. The van der Waals surface area contributed by atoms with Gasteiger partial charge in [0.05, 0.1) is 13.2 Å². The summed E-state index contributed by atoms with van der Waals surface area (Å²) in [7, 11) is 1.39. The molecule has 0 N–H and O–H groups in total. The van der Waals surface area contributed by atoms with Gasteiger partial charge in [-0.3, -0.25) is 9.69 Å². The molecule has 1 heterocycles. The Balaban J connectivity index is 1.87. The molecular formula is C19H25NO4. The zero-order valence-electron chi connectivity index (χ0n) is 14.7. The first kappa shape index (κ1) is 16.8. The number of rotatable bonds is 3. The van der Waals surface area contributed by atoms with Gasteiger partial charge in [-0.15, -0.1) is 0 Å². The lowest BCUT2D eigenvalue weighted by molar-refractivity contribution is -0.141. The smallest absolute Gasteiger partial charge is 0.411 e. The summed E-state index contributed by atoms with van der Waals surface area (Å²) >= 11 is 0. The second kappa shape index (κ2) is 6.11. The summed E-state index contributed by atoms with van der Waals surface area (Å²) in [5, 5.41) is 0. The molecule has 1 aliphatic carbocycles. The van der Waals surface area contributed by atoms with Crippen molar-refractivity contribution in [3.8, 4) is 0 Å². The van der Waals surface area contributed by atoms with Gasteiger partial charge in [-0.2, -0.15) is 0 Å². The number of fused-ring (bicyclic) bond motifs is 5. The minimum atomic E-state index is -0.536. The Morgan fingerprint density at radius 2 is 1.88 bits per heavy atom. The van der Waals surface area contributed by atoms with Crippen LogP contribution in [0.3, 0.4) is 0 Å². The minimum Gasteiger partial charge on any atom is -0.469 e. The molecule has 1 amide bonds. The standard InChI is InChI=1S/C19H25NO4/c1-19(2,3)24-18(22)20-15(9-10-17(21)23-4)14-11-16(20)13-8-6-5-7-12(13)14/h5-8,14-16H,9-11H2,1-4H3. The van der Waals surface area contributed by atoms with Crippen LogP contribution in [0.4, 0.5) is 4.79 Å². The summed E-state index contributed by atoms with van der Waals surface area (Å²) in [5.41, 5.74) is 1.98. The fourth-order valence-electron chi connectivity index (χ4n) is 3.98. The van der Waals surface area contributed by atoms with Gasteiger partial charge >= 0.3 is 12.1 Å². The molecule has 24 heavy (non-hydrogen) atoms. The monoisotopic (exact) mass is 331 g/mol. The third-order valence-electron chi connectivity index (χ3n) is 4.87. The summed E-state index contributed by atoms with van der Waals surface area (Å²) in [6.45, 7) is 5.61. The number of carbonyl (C=O) groups is 2. The fourth-order valence-corrected chi connectivity index (χ4v) is 3.98. The van der Waals surface area contributed by atoms with E-state index < -0.39 is 5.60 Å². The molecular weight excluding hydrogens is 306 g/mol. The van der Waals surface area contributed by atoms with Gasteiger partial charge in [0.1, 0.15) is 5.60 Å².